The van der Waals surface area contributed by atoms with Crippen molar-refractivity contribution in [3.8, 4) is 23.0 Å². The monoisotopic (exact) mass is 430 g/mol. The first-order valence-corrected chi connectivity index (χ1v) is 9.00. The predicted molar refractivity (Wildman–Crippen MR) is 91.9 cm³/mol. The van der Waals surface area contributed by atoms with Crippen LogP contribution >= 0.6 is 0 Å². The maximum atomic E-state index is 12.9. The fraction of sp³-hybridized carbons (Fsp3) is 0.350. The summed E-state index contributed by atoms with van der Waals surface area (Å²) in [6.45, 7) is -1.35. The lowest BCUT2D eigenvalue weighted by Gasteiger charge is -2.15. The average molecular weight is 430 g/mol. The van der Waals surface area contributed by atoms with Crippen LogP contribution in [0.4, 0.5) is 22.0 Å². The van der Waals surface area contributed by atoms with E-state index < -0.39 is 24.1 Å². The highest BCUT2D eigenvalue weighted by Gasteiger charge is 2.63. The molecule has 0 bridgehead atoms. The van der Waals surface area contributed by atoms with E-state index >= 15 is 0 Å². The third kappa shape index (κ3) is 3.73. The molecule has 2 aliphatic rings. The quantitative estimate of drug-likeness (QED) is 0.470. The van der Waals surface area contributed by atoms with E-state index in [-0.39, 0.29) is 42.0 Å². The van der Waals surface area contributed by atoms with Gasteiger partial charge in [0.25, 0.3) is 0 Å². The van der Waals surface area contributed by atoms with E-state index in [2.05, 4.69) is 4.74 Å². The van der Waals surface area contributed by atoms with Crippen molar-refractivity contribution < 1.29 is 45.7 Å². The first-order valence-electron chi connectivity index (χ1n) is 9.00. The van der Waals surface area contributed by atoms with Crippen molar-refractivity contribution in [2.45, 2.75) is 31.7 Å². The maximum Gasteiger partial charge on any atom is 0.416 e. The summed E-state index contributed by atoms with van der Waals surface area (Å²) in [5.74, 6) is -1.28. The Hall–Kier alpha value is -3.04. The molecular formula is C20H15F5O5. The summed E-state index contributed by atoms with van der Waals surface area (Å²) in [6, 6.07) is 6.71. The van der Waals surface area contributed by atoms with E-state index in [4.69, 9.17) is 14.2 Å². The second-order valence-electron chi connectivity index (χ2n) is 6.73. The number of hydrogen-bond donors (Lipinski definition) is 0. The van der Waals surface area contributed by atoms with Crippen LogP contribution in [0.3, 0.4) is 0 Å². The van der Waals surface area contributed by atoms with E-state index in [9.17, 15) is 26.7 Å². The summed E-state index contributed by atoms with van der Waals surface area (Å²) in [7, 11) is 0. The molecule has 30 heavy (non-hydrogen) atoms. The summed E-state index contributed by atoms with van der Waals surface area (Å²) in [4.78, 5) is 11.9. The molecule has 0 saturated heterocycles. The third-order valence-corrected chi connectivity index (χ3v) is 4.83. The van der Waals surface area contributed by atoms with Crippen LogP contribution in [0, 0.1) is 5.92 Å². The molecule has 1 aliphatic carbocycles. The summed E-state index contributed by atoms with van der Waals surface area (Å²) in [6.07, 6.45) is -5.06. The molecule has 5 nitrogen and oxygen atoms in total. The topological polar surface area (TPSA) is 54.0 Å². The molecule has 1 saturated carbocycles. The number of halogens is 5. The minimum atomic E-state index is -4.73. The number of fused-ring (bicyclic) bond motifs is 3. The lowest BCUT2D eigenvalue weighted by Crippen LogP contribution is -2.13. The zero-order valence-corrected chi connectivity index (χ0v) is 15.4. The highest BCUT2D eigenvalue weighted by atomic mass is 19.4. The molecule has 0 amide bonds. The number of carbonyl (C=O) groups is 1. The molecule has 2 aromatic carbocycles. The maximum absolute atomic E-state index is 12.9. The van der Waals surface area contributed by atoms with Crippen molar-refractivity contribution in [3.63, 3.8) is 0 Å². The molecule has 160 valence electrons. The zero-order chi connectivity index (χ0) is 21.6. The number of esters is 1. The van der Waals surface area contributed by atoms with E-state index in [1.54, 1.807) is 13.0 Å². The van der Waals surface area contributed by atoms with Gasteiger partial charge in [0.1, 0.15) is 23.5 Å². The Morgan fingerprint density at radius 1 is 1.13 bits per heavy atom. The number of alkyl halides is 5. The highest BCUT2D eigenvalue weighted by Crippen LogP contribution is 2.59. The molecular weight excluding hydrogens is 415 g/mol. The normalized spacial score (nSPS) is 21.5. The van der Waals surface area contributed by atoms with Crippen molar-refractivity contribution in [1.29, 1.82) is 0 Å². The molecule has 4 rings (SSSR count). The zero-order valence-electron chi connectivity index (χ0n) is 15.4. The molecule has 3 atom stereocenters. The number of rotatable bonds is 6. The Morgan fingerprint density at radius 3 is 2.57 bits per heavy atom. The van der Waals surface area contributed by atoms with Gasteiger partial charge in [0.05, 0.1) is 12.2 Å². The van der Waals surface area contributed by atoms with Crippen LogP contribution in [0.1, 0.15) is 24.0 Å². The number of hydrogen-bond acceptors (Lipinski definition) is 5. The molecule has 0 aromatic heterocycles. The Kier molecular flexibility index (Phi) is 4.95. The van der Waals surface area contributed by atoms with Gasteiger partial charge in [-0.3, -0.25) is 4.79 Å². The van der Waals surface area contributed by atoms with Crippen LogP contribution in [0.15, 0.2) is 36.4 Å². The lowest BCUT2D eigenvalue weighted by atomic mass is 10.1. The second kappa shape index (κ2) is 7.33. The fourth-order valence-electron chi connectivity index (χ4n) is 3.51. The standard InChI is InChI=1S/C20H15F5O5/c1-2-27-18(26)16-15-11-5-4-10(8-13(11)29-17(15)16)28-12-6-3-9(20(23,24)25)7-14(12)30-19(21)22/h3-8,15-17,19H,2H2,1H3. The molecule has 0 spiro atoms. The first-order chi connectivity index (χ1) is 14.2. The summed E-state index contributed by atoms with van der Waals surface area (Å²) < 4.78 is 84.2. The highest BCUT2D eigenvalue weighted by molar-refractivity contribution is 5.80. The Balaban J connectivity index is 1.54. The van der Waals surface area contributed by atoms with Crippen molar-refractivity contribution in [2.75, 3.05) is 6.61 Å². The van der Waals surface area contributed by atoms with Gasteiger partial charge in [0.15, 0.2) is 11.5 Å². The number of carbonyl (C=O) groups excluding carboxylic acids is 1. The third-order valence-electron chi connectivity index (χ3n) is 4.83. The van der Waals surface area contributed by atoms with Gasteiger partial charge in [0, 0.05) is 17.5 Å². The van der Waals surface area contributed by atoms with Crippen LogP contribution < -0.4 is 14.2 Å². The van der Waals surface area contributed by atoms with Crippen molar-refractivity contribution >= 4 is 5.97 Å². The molecule has 0 radical (unpaired) electrons. The molecule has 1 aliphatic heterocycles. The van der Waals surface area contributed by atoms with Crippen molar-refractivity contribution in [1.82, 2.24) is 0 Å². The van der Waals surface area contributed by atoms with Gasteiger partial charge in [-0.25, -0.2) is 0 Å². The van der Waals surface area contributed by atoms with E-state index in [0.717, 1.165) is 11.6 Å². The van der Waals surface area contributed by atoms with Crippen LogP contribution in [-0.4, -0.2) is 25.3 Å². The van der Waals surface area contributed by atoms with E-state index in [1.807, 2.05) is 0 Å². The number of ether oxygens (including phenoxy) is 4. The van der Waals surface area contributed by atoms with Gasteiger partial charge in [0.2, 0.25) is 0 Å². The fourth-order valence-corrected chi connectivity index (χ4v) is 3.51. The Bertz CT molecular complexity index is 975. The predicted octanol–water partition coefficient (Wildman–Crippen LogP) is 5.14. The van der Waals surface area contributed by atoms with E-state index in [1.165, 1.54) is 12.1 Å². The van der Waals surface area contributed by atoms with Crippen LogP contribution in [0.25, 0.3) is 0 Å². The van der Waals surface area contributed by atoms with E-state index in [0.29, 0.717) is 17.9 Å². The molecule has 2 aromatic rings. The average Bonchev–Trinajstić information content (AvgIpc) is 3.24. The minimum Gasteiger partial charge on any atom is -0.488 e. The summed E-state index contributed by atoms with van der Waals surface area (Å²) in [5.41, 5.74) is -0.366. The molecule has 1 fully saturated rings. The largest absolute Gasteiger partial charge is 0.488 e. The van der Waals surface area contributed by atoms with Gasteiger partial charge in [-0.15, -0.1) is 0 Å². The van der Waals surface area contributed by atoms with Gasteiger partial charge in [-0.1, -0.05) is 6.07 Å². The molecule has 3 unspecified atom stereocenters. The van der Waals surface area contributed by atoms with Crippen molar-refractivity contribution in [2.24, 2.45) is 5.92 Å². The van der Waals surface area contributed by atoms with Crippen LogP contribution in [-0.2, 0) is 15.7 Å². The lowest BCUT2D eigenvalue weighted by molar-refractivity contribution is -0.145. The minimum absolute atomic E-state index is 0.128. The van der Waals surface area contributed by atoms with Crippen LogP contribution in [0.2, 0.25) is 0 Å². The van der Waals surface area contributed by atoms with Gasteiger partial charge >= 0.3 is 18.8 Å². The van der Waals surface area contributed by atoms with Crippen LogP contribution in [0.5, 0.6) is 23.0 Å². The summed E-state index contributed by atoms with van der Waals surface area (Å²) in [5, 5.41) is 0. The van der Waals surface area contributed by atoms with Gasteiger partial charge in [-0.2, -0.15) is 22.0 Å². The summed E-state index contributed by atoms with van der Waals surface area (Å²) >= 11 is 0. The Morgan fingerprint density at radius 2 is 1.90 bits per heavy atom. The molecule has 0 N–H and O–H groups in total. The number of benzene rings is 2. The smallest absolute Gasteiger partial charge is 0.416 e. The van der Waals surface area contributed by atoms with Gasteiger partial charge < -0.3 is 18.9 Å². The molecule has 1 heterocycles. The SMILES string of the molecule is CCOC(=O)C1C2Oc3cc(Oc4ccc(C(F)(F)F)cc4OC(F)F)ccc3C21. The van der Waals surface area contributed by atoms with Gasteiger partial charge in [-0.05, 0) is 31.2 Å². The Labute approximate surface area is 167 Å². The second-order valence-corrected chi connectivity index (χ2v) is 6.73. The molecule has 10 heteroatoms. The van der Waals surface area contributed by atoms with Crippen molar-refractivity contribution in [3.05, 3.63) is 47.5 Å². The first kappa shape index (κ1) is 20.2.